The van der Waals surface area contributed by atoms with Gasteiger partial charge in [0.25, 0.3) is 0 Å². The molecule has 1 aromatic heterocycles. The molecule has 2 atom stereocenters. The molecule has 3 amide bonds. The molecule has 10 nitrogen and oxygen atoms in total. The summed E-state index contributed by atoms with van der Waals surface area (Å²) in [7, 11) is 0. The van der Waals surface area contributed by atoms with E-state index < -0.39 is 17.3 Å². The average Bonchev–Trinajstić information content (AvgIpc) is 3.00. The fourth-order valence-corrected chi connectivity index (χ4v) is 4.84. The lowest BCUT2D eigenvalue weighted by Gasteiger charge is -2.46. The number of ether oxygens (including phenoxy) is 1. The minimum Gasteiger partial charge on any atom is -0.465 e. The third-order valence-corrected chi connectivity index (χ3v) is 6.26. The number of carboxylic acid groups (broad SMARTS) is 1. The Labute approximate surface area is 174 Å². The first-order chi connectivity index (χ1) is 14.3. The quantitative estimate of drug-likeness (QED) is 0.709. The standard InChI is InChI=1S/C20H27N5O5/c1-15(26)25-7-5-19(10-17(25)27)12-24-9-8-23(18(28)29)13-20(24,22-19)14-30-11-16-4-2-3-6-21-16/h2-4,6,22H,5,7-14H2,1H3,(H,28,29)/t19?,20-/m0/s1. The first kappa shape index (κ1) is 20.7. The van der Waals surface area contributed by atoms with Gasteiger partial charge in [-0.25, -0.2) is 4.79 Å². The van der Waals surface area contributed by atoms with E-state index >= 15 is 0 Å². The first-order valence-electron chi connectivity index (χ1n) is 10.1. The molecule has 162 valence electrons. The van der Waals surface area contributed by atoms with E-state index in [1.807, 2.05) is 18.2 Å². The Morgan fingerprint density at radius 3 is 2.77 bits per heavy atom. The third kappa shape index (κ3) is 3.90. The minimum atomic E-state index is -0.969. The number of piperazine rings is 1. The maximum absolute atomic E-state index is 12.6. The number of rotatable bonds is 4. The largest absolute Gasteiger partial charge is 0.465 e. The highest BCUT2D eigenvalue weighted by molar-refractivity contribution is 5.95. The number of carbonyl (C=O) groups excluding carboxylic acids is 2. The second-order valence-corrected chi connectivity index (χ2v) is 8.37. The van der Waals surface area contributed by atoms with Gasteiger partial charge in [0.05, 0.1) is 25.5 Å². The van der Waals surface area contributed by atoms with E-state index in [-0.39, 0.29) is 31.4 Å². The molecule has 1 unspecified atom stereocenters. The zero-order valence-corrected chi connectivity index (χ0v) is 17.0. The van der Waals surface area contributed by atoms with Crippen LogP contribution in [0.5, 0.6) is 0 Å². The number of hydrogen-bond acceptors (Lipinski definition) is 7. The molecule has 10 heteroatoms. The number of carbonyl (C=O) groups is 3. The minimum absolute atomic E-state index is 0.194. The van der Waals surface area contributed by atoms with Crippen LogP contribution in [0.15, 0.2) is 24.4 Å². The molecule has 3 aliphatic heterocycles. The highest BCUT2D eigenvalue weighted by atomic mass is 16.5. The highest BCUT2D eigenvalue weighted by Gasteiger charge is 2.57. The summed E-state index contributed by atoms with van der Waals surface area (Å²) in [5, 5.41) is 13.1. The van der Waals surface area contributed by atoms with Crippen LogP contribution in [-0.2, 0) is 20.9 Å². The molecule has 3 saturated heterocycles. The second-order valence-electron chi connectivity index (χ2n) is 8.37. The molecule has 3 aliphatic rings. The topological polar surface area (TPSA) is 115 Å². The van der Waals surface area contributed by atoms with Gasteiger partial charge in [-0.15, -0.1) is 0 Å². The van der Waals surface area contributed by atoms with Crippen LogP contribution in [0.1, 0.15) is 25.5 Å². The van der Waals surface area contributed by atoms with E-state index in [0.29, 0.717) is 39.2 Å². The number of nitrogens with one attached hydrogen (secondary N) is 1. The van der Waals surface area contributed by atoms with E-state index in [9.17, 15) is 19.5 Å². The molecular weight excluding hydrogens is 390 g/mol. The fraction of sp³-hybridized carbons (Fsp3) is 0.600. The summed E-state index contributed by atoms with van der Waals surface area (Å²) >= 11 is 0. The predicted molar refractivity (Wildman–Crippen MR) is 105 cm³/mol. The summed E-state index contributed by atoms with van der Waals surface area (Å²) in [4.78, 5) is 45.1. The maximum atomic E-state index is 12.6. The van der Waals surface area contributed by atoms with Gasteiger partial charge < -0.3 is 14.7 Å². The van der Waals surface area contributed by atoms with Gasteiger partial charge in [0.2, 0.25) is 11.8 Å². The van der Waals surface area contributed by atoms with Gasteiger partial charge in [-0.3, -0.25) is 29.7 Å². The van der Waals surface area contributed by atoms with Crippen molar-refractivity contribution in [3.63, 3.8) is 0 Å². The number of aromatic nitrogens is 1. The summed E-state index contributed by atoms with van der Waals surface area (Å²) in [6.07, 6.45) is 1.57. The van der Waals surface area contributed by atoms with Gasteiger partial charge in [0.1, 0.15) is 5.66 Å². The number of amides is 3. The normalized spacial score (nSPS) is 29.3. The molecule has 1 spiro atoms. The van der Waals surface area contributed by atoms with Crippen molar-refractivity contribution < 1.29 is 24.2 Å². The van der Waals surface area contributed by atoms with Crippen LogP contribution in [0.4, 0.5) is 4.79 Å². The van der Waals surface area contributed by atoms with E-state index in [1.165, 1.54) is 16.7 Å². The maximum Gasteiger partial charge on any atom is 0.407 e. The van der Waals surface area contributed by atoms with Crippen molar-refractivity contribution in [2.24, 2.45) is 0 Å². The van der Waals surface area contributed by atoms with Crippen LogP contribution in [0.3, 0.4) is 0 Å². The van der Waals surface area contributed by atoms with Crippen molar-refractivity contribution in [3.05, 3.63) is 30.1 Å². The lowest BCUT2D eigenvalue weighted by atomic mass is 9.87. The predicted octanol–water partition coefficient (Wildman–Crippen LogP) is 0.101. The van der Waals surface area contributed by atoms with Crippen molar-refractivity contribution in [1.82, 2.24) is 25.0 Å². The van der Waals surface area contributed by atoms with Gasteiger partial charge in [-0.2, -0.15) is 0 Å². The Hall–Kier alpha value is -2.56. The number of piperidine rings is 1. The van der Waals surface area contributed by atoms with Gasteiger partial charge in [0, 0.05) is 51.3 Å². The summed E-state index contributed by atoms with van der Waals surface area (Å²) in [6, 6.07) is 5.60. The molecule has 1 aromatic rings. The SMILES string of the molecule is CC(=O)N1CCC2(CC1=O)CN1CCN(C(=O)O)C[C@]1(COCc1ccccn1)N2. The zero-order valence-electron chi connectivity index (χ0n) is 17.0. The summed E-state index contributed by atoms with van der Waals surface area (Å²) in [6.45, 7) is 4.17. The molecule has 0 bridgehead atoms. The Morgan fingerprint density at radius 1 is 1.27 bits per heavy atom. The number of fused-ring (bicyclic) bond motifs is 1. The number of hydrogen-bond donors (Lipinski definition) is 2. The number of nitrogens with zero attached hydrogens (tertiary/aromatic N) is 4. The van der Waals surface area contributed by atoms with Crippen LogP contribution in [0.25, 0.3) is 0 Å². The molecule has 4 rings (SSSR count). The van der Waals surface area contributed by atoms with Gasteiger partial charge in [-0.1, -0.05) is 6.07 Å². The van der Waals surface area contributed by atoms with Crippen molar-refractivity contribution in [2.45, 2.75) is 37.6 Å². The molecule has 0 radical (unpaired) electrons. The molecule has 3 fully saturated rings. The van der Waals surface area contributed by atoms with Crippen LogP contribution < -0.4 is 5.32 Å². The molecule has 2 N–H and O–H groups in total. The molecular formula is C20H27N5O5. The van der Waals surface area contributed by atoms with E-state index in [2.05, 4.69) is 15.2 Å². The van der Waals surface area contributed by atoms with Crippen LogP contribution in [-0.4, -0.2) is 93.2 Å². The zero-order chi connectivity index (χ0) is 21.4. The molecule has 0 aliphatic carbocycles. The van der Waals surface area contributed by atoms with Crippen LogP contribution in [0.2, 0.25) is 0 Å². The Kier molecular flexibility index (Phi) is 5.48. The van der Waals surface area contributed by atoms with Gasteiger partial charge >= 0.3 is 6.09 Å². The van der Waals surface area contributed by atoms with Crippen LogP contribution >= 0.6 is 0 Å². The third-order valence-electron chi connectivity index (χ3n) is 6.26. The Bertz CT molecular complexity index is 836. The second kappa shape index (κ2) is 7.93. The lowest BCUT2D eigenvalue weighted by molar-refractivity contribution is -0.147. The van der Waals surface area contributed by atoms with E-state index in [1.54, 1.807) is 6.20 Å². The number of likely N-dealkylation sites (tertiary alicyclic amines) is 1. The summed E-state index contributed by atoms with van der Waals surface area (Å²) in [5.74, 6) is -0.434. The van der Waals surface area contributed by atoms with Crippen molar-refractivity contribution in [2.75, 3.05) is 39.3 Å². The van der Waals surface area contributed by atoms with Crippen LogP contribution in [0, 0.1) is 0 Å². The number of pyridine rings is 1. The van der Waals surface area contributed by atoms with E-state index in [0.717, 1.165) is 5.69 Å². The first-order valence-corrected chi connectivity index (χ1v) is 10.1. The molecule has 30 heavy (non-hydrogen) atoms. The highest BCUT2D eigenvalue weighted by Crippen LogP contribution is 2.37. The summed E-state index contributed by atoms with van der Waals surface area (Å²) in [5.41, 5.74) is -0.417. The monoisotopic (exact) mass is 417 g/mol. The molecule has 0 saturated carbocycles. The Balaban J connectivity index is 1.51. The lowest BCUT2D eigenvalue weighted by Crippen LogP contribution is -2.68. The fourth-order valence-electron chi connectivity index (χ4n) is 4.84. The van der Waals surface area contributed by atoms with E-state index in [4.69, 9.17) is 4.74 Å². The van der Waals surface area contributed by atoms with Gasteiger partial charge in [-0.05, 0) is 18.6 Å². The summed E-state index contributed by atoms with van der Waals surface area (Å²) < 4.78 is 5.98. The van der Waals surface area contributed by atoms with Crippen molar-refractivity contribution >= 4 is 17.9 Å². The van der Waals surface area contributed by atoms with Crippen molar-refractivity contribution in [1.29, 1.82) is 0 Å². The average molecular weight is 417 g/mol. The Morgan fingerprint density at radius 2 is 2.10 bits per heavy atom. The number of imide groups is 1. The van der Waals surface area contributed by atoms with Crippen molar-refractivity contribution in [3.8, 4) is 0 Å². The smallest absolute Gasteiger partial charge is 0.407 e. The van der Waals surface area contributed by atoms with Gasteiger partial charge in [0.15, 0.2) is 0 Å². The molecule has 0 aromatic carbocycles. The molecule has 4 heterocycles.